The monoisotopic (exact) mass is 687 g/mol. The highest BCUT2D eigenvalue weighted by Gasteiger charge is 2.40. The molecule has 2 saturated heterocycles. The van der Waals surface area contributed by atoms with Crippen molar-refractivity contribution in [3.8, 4) is 0 Å². The van der Waals surface area contributed by atoms with Gasteiger partial charge in [0.2, 0.25) is 35.4 Å². The van der Waals surface area contributed by atoms with E-state index >= 15 is 0 Å². The van der Waals surface area contributed by atoms with Crippen molar-refractivity contribution in [2.45, 2.75) is 95.2 Å². The maximum atomic E-state index is 13.4. The fourth-order valence-electron chi connectivity index (χ4n) is 5.35. The standard InChI is InChI=1S/C29H49N7O10S/c1-15(2)22(34-26(43)20-8-6-11-36(20)29(46)18-7-5-10-30-18)27(44)35-23(16(3)38)28(45)33-19(14-37)25(42)32-17(9-12-47-4)24(41)31-13-21(39)40/h15-20,22-23,30,37-38H,5-14H2,1-4H3,(H,31,41)(H,32,42)(H,33,45)(H,34,43)(H,35,44)(H,39,40)/t16-,17+,18+,19+,20+,22+,23+/m1/s1. The Morgan fingerprint density at radius 1 is 0.872 bits per heavy atom. The van der Waals surface area contributed by atoms with Crippen molar-refractivity contribution >= 4 is 53.2 Å². The van der Waals surface area contributed by atoms with Crippen molar-refractivity contribution in [2.75, 3.05) is 38.2 Å². The van der Waals surface area contributed by atoms with Crippen molar-refractivity contribution < 1.29 is 48.9 Å². The number of carbonyl (C=O) groups is 7. The van der Waals surface area contributed by atoms with Crippen molar-refractivity contribution in [1.29, 1.82) is 0 Å². The predicted molar refractivity (Wildman–Crippen MR) is 171 cm³/mol. The lowest BCUT2D eigenvalue weighted by Gasteiger charge is -2.30. The lowest BCUT2D eigenvalue weighted by atomic mass is 10.0. The van der Waals surface area contributed by atoms with E-state index in [-0.39, 0.29) is 18.4 Å². The van der Waals surface area contributed by atoms with E-state index in [1.54, 1.807) is 20.1 Å². The largest absolute Gasteiger partial charge is 0.480 e. The molecule has 0 bridgehead atoms. The zero-order valence-electron chi connectivity index (χ0n) is 27.2. The molecule has 2 rings (SSSR count). The normalized spacial score (nSPS) is 20.8. The van der Waals surface area contributed by atoms with Crippen LogP contribution in [0.15, 0.2) is 0 Å². The quantitative estimate of drug-likeness (QED) is 0.0685. The third-order valence-corrected chi connectivity index (χ3v) is 8.62. The van der Waals surface area contributed by atoms with Gasteiger partial charge in [-0.05, 0) is 63.5 Å². The van der Waals surface area contributed by atoms with E-state index in [0.29, 0.717) is 31.6 Å². The molecule has 2 fully saturated rings. The summed E-state index contributed by atoms with van der Waals surface area (Å²) < 4.78 is 0. The van der Waals surface area contributed by atoms with Crippen LogP contribution in [0, 0.1) is 5.92 Å². The van der Waals surface area contributed by atoms with Gasteiger partial charge in [-0.3, -0.25) is 33.6 Å². The Kier molecular flexibility index (Phi) is 16.4. The van der Waals surface area contributed by atoms with Crippen molar-refractivity contribution in [2.24, 2.45) is 5.92 Å². The van der Waals surface area contributed by atoms with Gasteiger partial charge >= 0.3 is 5.97 Å². The van der Waals surface area contributed by atoms with E-state index in [1.165, 1.54) is 23.6 Å². The summed E-state index contributed by atoms with van der Waals surface area (Å²) >= 11 is 1.38. The van der Waals surface area contributed by atoms with Crippen LogP contribution in [-0.4, -0.2) is 142 Å². The summed E-state index contributed by atoms with van der Waals surface area (Å²) in [6.45, 7) is 4.15. The van der Waals surface area contributed by atoms with Crippen LogP contribution >= 0.6 is 11.8 Å². The van der Waals surface area contributed by atoms with Crippen LogP contribution in [0.3, 0.4) is 0 Å². The van der Waals surface area contributed by atoms with Gasteiger partial charge in [0, 0.05) is 6.54 Å². The zero-order chi connectivity index (χ0) is 35.3. The Labute approximate surface area is 278 Å². The van der Waals surface area contributed by atoms with Crippen LogP contribution < -0.4 is 31.9 Å². The highest BCUT2D eigenvalue weighted by atomic mass is 32.2. The molecule has 0 aromatic rings. The third-order valence-electron chi connectivity index (χ3n) is 7.98. The first kappa shape index (κ1) is 39.7. The number of carboxylic acid groups (broad SMARTS) is 1. The van der Waals surface area contributed by atoms with Crippen LogP contribution in [0.5, 0.6) is 0 Å². The second-order valence-electron chi connectivity index (χ2n) is 12.0. The number of hydrogen-bond donors (Lipinski definition) is 9. The number of nitrogens with one attached hydrogen (secondary N) is 6. The van der Waals surface area contributed by atoms with Gasteiger partial charge < -0.3 is 52.1 Å². The van der Waals surface area contributed by atoms with E-state index in [0.717, 1.165) is 13.0 Å². The number of aliphatic carboxylic acids is 1. The Morgan fingerprint density at radius 2 is 1.53 bits per heavy atom. The molecule has 0 saturated carbocycles. The number of thioether (sulfide) groups is 1. The first-order valence-corrected chi connectivity index (χ1v) is 17.1. The average molecular weight is 688 g/mol. The van der Waals surface area contributed by atoms with Gasteiger partial charge in [0.05, 0.1) is 18.8 Å². The third kappa shape index (κ3) is 11.9. The summed E-state index contributed by atoms with van der Waals surface area (Å²) in [4.78, 5) is 90.6. The van der Waals surface area contributed by atoms with E-state index in [9.17, 15) is 43.8 Å². The van der Waals surface area contributed by atoms with Gasteiger partial charge in [0.1, 0.15) is 36.8 Å². The molecule has 6 amide bonds. The van der Waals surface area contributed by atoms with Gasteiger partial charge in [-0.25, -0.2) is 0 Å². The number of likely N-dealkylation sites (tertiary alicyclic amines) is 1. The second kappa shape index (κ2) is 19.4. The molecule has 266 valence electrons. The minimum Gasteiger partial charge on any atom is -0.480 e. The molecular weight excluding hydrogens is 638 g/mol. The average Bonchev–Trinajstić information content (AvgIpc) is 3.74. The van der Waals surface area contributed by atoms with Crippen LogP contribution in [0.4, 0.5) is 0 Å². The molecule has 47 heavy (non-hydrogen) atoms. The Hall–Kier alpha value is -3.48. The van der Waals surface area contributed by atoms with Crippen molar-refractivity contribution in [1.82, 2.24) is 36.8 Å². The summed E-state index contributed by atoms with van der Waals surface area (Å²) in [5.74, 6) is -5.52. The minimum atomic E-state index is -1.60. The molecule has 9 N–H and O–H groups in total. The number of aliphatic hydroxyl groups excluding tert-OH is 2. The molecule has 2 aliphatic rings. The molecule has 18 heteroatoms. The summed E-state index contributed by atoms with van der Waals surface area (Å²) in [5.41, 5.74) is 0. The maximum Gasteiger partial charge on any atom is 0.322 e. The molecule has 2 heterocycles. The minimum absolute atomic E-state index is 0.128. The second-order valence-corrected chi connectivity index (χ2v) is 13.0. The maximum absolute atomic E-state index is 13.4. The van der Waals surface area contributed by atoms with Crippen LogP contribution in [-0.2, 0) is 33.6 Å². The fourth-order valence-corrected chi connectivity index (χ4v) is 5.82. The Bertz CT molecular complexity index is 1130. The summed E-state index contributed by atoms with van der Waals surface area (Å²) in [6.07, 6.45) is 3.03. The highest BCUT2D eigenvalue weighted by molar-refractivity contribution is 7.98. The van der Waals surface area contributed by atoms with Crippen LogP contribution in [0.25, 0.3) is 0 Å². The lowest BCUT2D eigenvalue weighted by Crippen LogP contribution is -2.62. The van der Waals surface area contributed by atoms with Gasteiger partial charge in [-0.15, -0.1) is 0 Å². The molecule has 0 aromatic carbocycles. The van der Waals surface area contributed by atoms with Gasteiger partial charge in [-0.2, -0.15) is 11.8 Å². The summed E-state index contributed by atoms with van der Waals surface area (Å²) in [7, 11) is 0. The topological polar surface area (TPSA) is 256 Å². The van der Waals surface area contributed by atoms with Crippen LogP contribution in [0.1, 0.15) is 52.9 Å². The molecule has 7 atom stereocenters. The number of rotatable bonds is 18. The number of aliphatic hydroxyl groups is 2. The molecule has 2 aliphatic heterocycles. The number of carbonyl (C=O) groups excluding carboxylic acids is 6. The zero-order valence-corrected chi connectivity index (χ0v) is 28.1. The smallest absolute Gasteiger partial charge is 0.322 e. The number of nitrogens with zero attached hydrogens (tertiary/aromatic N) is 1. The summed E-state index contributed by atoms with van der Waals surface area (Å²) in [5, 5.41) is 44.1. The van der Waals surface area contributed by atoms with Crippen molar-refractivity contribution in [3.63, 3.8) is 0 Å². The van der Waals surface area contributed by atoms with E-state index in [1.807, 2.05) is 0 Å². The fraction of sp³-hybridized carbons (Fsp3) is 0.759. The number of hydrogen-bond acceptors (Lipinski definition) is 11. The molecule has 0 aromatic heterocycles. The lowest BCUT2D eigenvalue weighted by molar-refractivity contribution is -0.141. The van der Waals surface area contributed by atoms with Gasteiger partial charge in [0.25, 0.3) is 0 Å². The molecule has 0 unspecified atom stereocenters. The Morgan fingerprint density at radius 3 is 2.09 bits per heavy atom. The molecule has 0 radical (unpaired) electrons. The molecule has 17 nitrogen and oxygen atoms in total. The van der Waals surface area contributed by atoms with E-state index < -0.39 is 90.9 Å². The van der Waals surface area contributed by atoms with Gasteiger partial charge in [0.15, 0.2) is 0 Å². The van der Waals surface area contributed by atoms with E-state index in [2.05, 4.69) is 31.9 Å². The number of carboxylic acids is 1. The molecule has 0 aliphatic carbocycles. The highest BCUT2D eigenvalue weighted by Crippen LogP contribution is 2.21. The van der Waals surface area contributed by atoms with E-state index in [4.69, 9.17) is 5.11 Å². The van der Waals surface area contributed by atoms with Crippen molar-refractivity contribution in [3.05, 3.63) is 0 Å². The Balaban J connectivity index is 2.08. The first-order chi connectivity index (χ1) is 22.2. The SMILES string of the molecule is CSCC[C@H](NC(=O)[C@H](CO)NC(=O)[C@@H](NC(=O)[C@@H](NC(=O)[C@@H]1CCCN1C(=O)[C@@H]1CCCN1)C(C)C)[C@@H](C)O)C(=O)NCC(=O)O. The van der Waals surface area contributed by atoms with Crippen LogP contribution in [0.2, 0.25) is 0 Å². The molecule has 0 spiro atoms. The van der Waals surface area contributed by atoms with Gasteiger partial charge in [-0.1, -0.05) is 13.8 Å². The predicted octanol–water partition coefficient (Wildman–Crippen LogP) is -3.35. The number of amides is 6. The summed E-state index contributed by atoms with van der Waals surface area (Å²) in [6, 6.07) is -6.61. The molecular formula is C29H49N7O10S. The first-order valence-electron chi connectivity index (χ1n) is 15.7.